The maximum atomic E-state index is 13.1. The number of hydrogen-bond acceptors (Lipinski definition) is 4. The van der Waals surface area contributed by atoms with Gasteiger partial charge in [0.2, 0.25) is 10.0 Å². The fourth-order valence-electron chi connectivity index (χ4n) is 2.92. The van der Waals surface area contributed by atoms with Gasteiger partial charge in [-0.15, -0.1) is 11.8 Å². The van der Waals surface area contributed by atoms with Crippen molar-refractivity contribution in [1.29, 1.82) is 0 Å². The molecule has 0 aliphatic carbocycles. The van der Waals surface area contributed by atoms with E-state index in [2.05, 4.69) is 5.10 Å². The van der Waals surface area contributed by atoms with Crippen LogP contribution in [0.5, 0.6) is 0 Å². The van der Waals surface area contributed by atoms with Crippen molar-refractivity contribution >= 4 is 33.4 Å². The van der Waals surface area contributed by atoms with Crippen LogP contribution in [-0.2, 0) is 10.0 Å². The quantitative estimate of drug-likeness (QED) is 0.659. The number of rotatable bonds is 4. The molecule has 1 aliphatic rings. The Morgan fingerprint density at radius 3 is 2.46 bits per heavy atom. The van der Waals surface area contributed by atoms with Gasteiger partial charge in [-0.05, 0) is 48.0 Å². The molecule has 1 unspecified atom stereocenters. The Morgan fingerprint density at radius 2 is 1.81 bits per heavy atom. The van der Waals surface area contributed by atoms with E-state index in [9.17, 15) is 8.42 Å². The molecule has 1 atom stereocenters. The number of sulfonamides is 1. The van der Waals surface area contributed by atoms with E-state index in [1.54, 1.807) is 63.3 Å². The fraction of sp³-hybridized carbons (Fsp3) is 0.167. The van der Waals surface area contributed by atoms with Crippen molar-refractivity contribution in [3.63, 3.8) is 0 Å². The number of hydrogen-bond donors (Lipinski definition) is 0. The van der Waals surface area contributed by atoms with Gasteiger partial charge in [0.15, 0.2) is 0 Å². The summed E-state index contributed by atoms with van der Waals surface area (Å²) in [5.41, 5.74) is 1.76. The van der Waals surface area contributed by atoms with Crippen LogP contribution >= 0.6 is 23.4 Å². The second kappa shape index (κ2) is 7.08. The van der Waals surface area contributed by atoms with E-state index in [4.69, 9.17) is 11.6 Å². The topological polar surface area (TPSA) is 55.2 Å². The minimum absolute atomic E-state index is 0.233. The zero-order valence-electron chi connectivity index (χ0n) is 13.7. The van der Waals surface area contributed by atoms with Crippen LogP contribution in [0.1, 0.15) is 10.9 Å². The Kier molecular flexibility index (Phi) is 4.79. The molecule has 26 heavy (non-hydrogen) atoms. The van der Waals surface area contributed by atoms with Crippen molar-refractivity contribution in [3.05, 3.63) is 77.6 Å². The standard InChI is InChI=1S/C18H16ClN3O2S2/c19-15-4-2-14(3-5-15)18-22(12-13-25-18)26(23,24)17-8-6-16(7-9-17)21-11-1-10-20-21/h1-11,18H,12-13H2. The summed E-state index contributed by atoms with van der Waals surface area (Å²) in [6.07, 6.45) is 3.50. The third kappa shape index (κ3) is 3.27. The first-order valence-corrected chi connectivity index (χ1v) is 10.9. The highest BCUT2D eigenvalue weighted by molar-refractivity contribution is 8.01. The summed E-state index contributed by atoms with van der Waals surface area (Å²) in [6.45, 7) is 0.487. The number of halogens is 1. The molecule has 0 N–H and O–H groups in total. The predicted octanol–water partition coefficient (Wildman–Crippen LogP) is 3.96. The first kappa shape index (κ1) is 17.6. The Bertz CT molecular complexity index is 988. The highest BCUT2D eigenvalue weighted by atomic mass is 35.5. The van der Waals surface area contributed by atoms with Gasteiger partial charge in [-0.1, -0.05) is 23.7 Å². The molecule has 0 saturated carbocycles. The largest absolute Gasteiger partial charge is 0.244 e. The normalized spacial score (nSPS) is 18.3. The van der Waals surface area contributed by atoms with Gasteiger partial charge >= 0.3 is 0 Å². The van der Waals surface area contributed by atoms with E-state index >= 15 is 0 Å². The Hall–Kier alpha value is -1.80. The van der Waals surface area contributed by atoms with Crippen molar-refractivity contribution in [3.8, 4) is 5.69 Å². The zero-order valence-corrected chi connectivity index (χ0v) is 16.1. The van der Waals surface area contributed by atoms with Crippen molar-refractivity contribution < 1.29 is 8.42 Å². The molecular weight excluding hydrogens is 390 g/mol. The molecule has 8 heteroatoms. The average molecular weight is 406 g/mol. The summed E-state index contributed by atoms with van der Waals surface area (Å²) in [6, 6.07) is 16.0. The zero-order chi connectivity index (χ0) is 18.1. The molecule has 0 radical (unpaired) electrons. The molecule has 2 aromatic carbocycles. The molecule has 1 aromatic heterocycles. The summed E-state index contributed by atoms with van der Waals surface area (Å²) in [5, 5.41) is 4.56. The van der Waals surface area contributed by atoms with Crippen LogP contribution in [0.2, 0.25) is 5.02 Å². The monoisotopic (exact) mass is 405 g/mol. The number of aromatic nitrogens is 2. The van der Waals surface area contributed by atoms with Gasteiger partial charge in [0.05, 0.1) is 16.0 Å². The summed E-state index contributed by atoms with van der Waals surface area (Å²) in [5.74, 6) is 0.762. The average Bonchev–Trinajstić information content (AvgIpc) is 3.35. The van der Waals surface area contributed by atoms with E-state index in [0.29, 0.717) is 11.6 Å². The number of thioether (sulfide) groups is 1. The van der Waals surface area contributed by atoms with Crippen LogP contribution in [0.25, 0.3) is 5.69 Å². The molecule has 0 bridgehead atoms. The van der Waals surface area contributed by atoms with Crippen LogP contribution in [0.15, 0.2) is 71.9 Å². The maximum absolute atomic E-state index is 13.1. The Morgan fingerprint density at radius 1 is 1.08 bits per heavy atom. The lowest BCUT2D eigenvalue weighted by atomic mass is 10.2. The Balaban J connectivity index is 1.64. The summed E-state index contributed by atoms with van der Waals surface area (Å²) in [4.78, 5) is 0.287. The van der Waals surface area contributed by atoms with E-state index < -0.39 is 10.0 Å². The van der Waals surface area contributed by atoms with Crippen molar-refractivity contribution in [2.24, 2.45) is 0 Å². The van der Waals surface area contributed by atoms with Gasteiger partial charge in [0.1, 0.15) is 0 Å². The second-order valence-electron chi connectivity index (χ2n) is 5.83. The predicted molar refractivity (Wildman–Crippen MR) is 104 cm³/mol. The molecule has 3 aromatic rings. The first-order chi connectivity index (χ1) is 12.6. The maximum Gasteiger partial charge on any atom is 0.244 e. The number of nitrogens with zero attached hydrogens (tertiary/aromatic N) is 3. The highest BCUT2D eigenvalue weighted by Gasteiger charge is 2.36. The Labute approximate surface area is 161 Å². The third-order valence-corrected chi connectivity index (χ3v) is 7.74. The minimum Gasteiger partial charge on any atom is -0.241 e. The van der Waals surface area contributed by atoms with Gasteiger partial charge in [0, 0.05) is 29.7 Å². The first-order valence-electron chi connectivity index (χ1n) is 8.05. The lowest BCUT2D eigenvalue weighted by Crippen LogP contribution is -2.30. The molecule has 1 saturated heterocycles. The molecule has 4 rings (SSSR count). The van der Waals surface area contributed by atoms with E-state index in [-0.39, 0.29) is 10.3 Å². The van der Waals surface area contributed by atoms with E-state index in [1.807, 2.05) is 24.4 Å². The van der Waals surface area contributed by atoms with Gasteiger partial charge < -0.3 is 0 Å². The summed E-state index contributed by atoms with van der Waals surface area (Å²) >= 11 is 7.57. The van der Waals surface area contributed by atoms with Crippen LogP contribution < -0.4 is 0 Å². The molecule has 134 valence electrons. The summed E-state index contributed by atoms with van der Waals surface area (Å²) in [7, 11) is -3.58. The molecule has 5 nitrogen and oxygen atoms in total. The van der Waals surface area contributed by atoms with Gasteiger partial charge in [-0.25, -0.2) is 13.1 Å². The van der Waals surface area contributed by atoms with E-state index in [1.165, 1.54) is 0 Å². The van der Waals surface area contributed by atoms with Gasteiger partial charge in [-0.3, -0.25) is 0 Å². The SMILES string of the molecule is O=S(=O)(c1ccc(-n2cccn2)cc1)N1CCSC1c1ccc(Cl)cc1. The smallest absolute Gasteiger partial charge is 0.241 e. The molecule has 0 spiro atoms. The van der Waals surface area contributed by atoms with Crippen LogP contribution in [-0.4, -0.2) is 34.8 Å². The molecule has 1 aliphatic heterocycles. The fourth-order valence-corrected chi connectivity index (χ4v) is 6.29. The van der Waals surface area contributed by atoms with Crippen molar-refractivity contribution in [2.75, 3.05) is 12.3 Å². The second-order valence-corrected chi connectivity index (χ2v) is 9.35. The minimum atomic E-state index is -3.58. The van der Waals surface area contributed by atoms with Gasteiger partial charge in [0.25, 0.3) is 0 Å². The molecular formula is C18H16ClN3O2S2. The van der Waals surface area contributed by atoms with Gasteiger partial charge in [-0.2, -0.15) is 9.40 Å². The van der Waals surface area contributed by atoms with Crippen LogP contribution in [0, 0.1) is 0 Å². The van der Waals surface area contributed by atoms with Crippen LogP contribution in [0.4, 0.5) is 0 Å². The van der Waals surface area contributed by atoms with E-state index in [0.717, 1.165) is 17.0 Å². The molecule has 0 amide bonds. The number of benzene rings is 2. The molecule has 2 heterocycles. The van der Waals surface area contributed by atoms with Crippen LogP contribution in [0.3, 0.4) is 0 Å². The molecule has 1 fully saturated rings. The lowest BCUT2D eigenvalue weighted by molar-refractivity contribution is 0.434. The van der Waals surface area contributed by atoms with Crippen molar-refractivity contribution in [1.82, 2.24) is 14.1 Å². The summed E-state index contributed by atoms with van der Waals surface area (Å²) < 4.78 is 29.5. The lowest BCUT2D eigenvalue weighted by Gasteiger charge is -2.23. The highest BCUT2D eigenvalue weighted by Crippen LogP contribution is 2.41. The third-order valence-electron chi connectivity index (χ3n) is 4.22. The van der Waals surface area contributed by atoms with Crippen molar-refractivity contribution in [2.45, 2.75) is 10.3 Å².